The number of carbonyl (C=O) groups excluding carboxylic acids is 1. The van der Waals surface area contributed by atoms with Gasteiger partial charge < -0.3 is 10.3 Å². The molecule has 8 heteroatoms. The number of benzene rings is 2. The van der Waals surface area contributed by atoms with Crippen molar-refractivity contribution in [2.45, 2.75) is 39.7 Å². The Morgan fingerprint density at radius 3 is 2.60 bits per heavy atom. The van der Waals surface area contributed by atoms with Gasteiger partial charge in [-0.15, -0.1) is 0 Å². The Labute approximate surface area is 177 Å². The predicted molar refractivity (Wildman–Crippen MR) is 120 cm³/mol. The molecule has 0 fully saturated rings. The Morgan fingerprint density at radius 1 is 1.13 bits per heavy atom. The lowest BCUT2D eigenvalue weighted by atomic mass is 9.98. The first-order chi connectivity index (χ1) is 14.3. The van der Waals surface area contributed by atoms with Crippen molar-refractivity contribution >= 4 is 32.7 Å². The molecule has 160 valence electrons. The fraction of sp³-hybridized carbons (Fsp3) is 0.364. The summed E-state index contributed by atoms with van der Waals surface area (Å²) < 4.78 is 26.6. The summed E-state index contributed by atoms with van der Waals surface area (Å²) in [5.41, 5.74) is 2.53. The van der Waals surface area contributed by atoms with E-state index < -0.39 is 10.0 Å². The van der Waals surface area contributed by atoms with Crippen LogP contribution in [0.2, 0.25) is 0 Å². The first kappa shape index (κ1) is 21.8. The minimum Gasteiger partial charge on any atom is -0.342 e. The summed E-state index contributed by atoms with van der Waals surface area (Å²) in [5, 5.41) is 3.07. The number of nitrogens with one attached hydrogen (secondary N) is 3. The standard InChI is InChI=1S/C22H28N4O3S/c1-4-13-30(28,29)26-17-10-8-9-16(14-17)22(27)25-20(15(3)5-2)21-23-18-11-6-7-12-19(18)24-21/h6-12,14-15,20,26H,4-5,13H2,1-3H3,(H,23,24)(H,25,27)/t15-,20-/m0/s1. The zero-order valence-electron chi connectivity index (χ0n) is 17.5. The van der Waals surface area contributed by atoms with E-state index >= 15 is 0 Å². The molecule has 1 heterocycles. The van der Waals surface area contributed by atoms with Gasteiger partial charge in [0.25, 0.3) is 5.91 Å². The predicted octanol–water partition coefficient (Wildman–Crippen LogP) is 4.23. The normalized spacial score (nSPS) is 13.7. The van der Waals surface area contributed by atoms with Crippen molar-refractivity contribution in [2.24, 2.45) is 5.92 Å². The summed E-state index contributed by atoms with van der Waals surface area (Å²) in [5.74, 6) is 0.614. The number of amides is 1. The number of hydrogen-bond acceptors (Lipinski definition) is 4. The molecule has 0 saturated carbocycles. The van der Waals surface area contributed by atoms with Gasteiger partial charge in [-0.3, -0.25) is 9.52 Å². The molecule has 3 rings (SSSR count). The van der Waals surface area contributed by atoms with Crippen molar-refractivity contribution in [3.05, 3.63) is 59.9 Å². The van der Waals surface area contributed by atoms with Crippen LogP contribution in [0, 0.1) is 5.92 Å². The number of para-hydroxylation sites is 2. The molecule has 2 atom stereocenters. The first-order valence-electron chi connectivity index (χ1n) is 10.2. The fourth-order valence-corrected chi connectivity index (χ4v) is 4.41. The molecular formula is C22H28N4O3S. The number of nitrogens with zero attached hydrogens (tertiary/aromatic N) is 1. The highest BCUT2D eigenvalue weighted by Crippen LogP contribution is 2.25. The minimum absolute atomic E-state index is 0.0333. The number of rotatable bonds is 9. The molecule has 0 spiro atoms. The highest BCUT2D eigenvalue weighted by molar-refractivity contribution is 7.92. The molecule has 1 aromatic heterocycles. The third-order valence-electron chi connectivity index (χ3n) is 5.07. The average molecular weight is 429 g/mol. The molecule has 3 aromatic rings. The first-order valence-corrected chi connectivity index (χ1v) is 11.8. The zero-order valence-corrected chi connectivity index (χ0v) is 18.3. The summed E-state index contributed by atoms with van der Waals surface area (Å²) >= 11 is 0. The van der Waals surface area contributed by atoms with Crippen LogP contribution in [0.15, 0.2) is 48.5 Å². The van der Waals surface area contributed by atoms with Crippen LogP contribution in [0.4, 0.5) is 5.69 Å². The van der Waals surface area contributed by atoms with Crippen molar-refractivity contribution in [3.8, 4) is 0 Å². The van der Waals surface area contributed by atoms with E-state index in [0.29, 0.717) is 23.5 Å². The molecule has 0 aliphatic heterocycles. The number of carbonyl (C=O) groups is 1. The van der Waals surface area contributed by atoms with Gasteiger partial charge in [0.05, 0.1) is 22.8 Å². The van der Waals surface area contributed by atoms with Crippen molar-refractivity contribution in [1.29, 1.82) is 0 Å². The van der Waals surface area contributed by atoms with Crippen LogP contribution in [0.3, 0.4) is 0 Å². The van der Waals surface area contributed by atoms with Crippen LogP contribution in [-0.2, 0) is 10.0 Å². The molecule has 2 aromatic carbocycles. The lowest BCUT2D eigenvalue weighted by Crippen LogP contribution is -2.33. The summed E-state index contributed by atoms with van der Waals surface area (Å²) in [7, 11) is -3.42. The third kappa shape index (κ3) is 5.18. The Hall–Kier alpha value is -2.87. The molecule has 3 N–H and O–H groups in total. The Bertz CT molecular complexity index is 1090. The van der Waals surface area contributed by atoms with E-state index in [0.717, 1.165) is 17.5 Å². The summed E-state index contributed by atoms with van der Waals surface area (Å²) in [4.78, 5) is 20.9. The van der Waals surface area contributed by atoms with Crippen LogP contribution >= 0.6 is 0 Å². The average Bonchev–Trinajstić information content (AvgIpc) is 3.14. The van der Waals surface area contributed by atoms with Crippen LogP contribution in [0.25, 0.3) is 11.0 Å². The Kier molecular flexibility index (Phi) is 6.77. The van der Waals surface area contributed by atoms with Gasteiger partial charge in [-0.05, 0) is 42.7 Å². The van der Waals surface area contributed by atoms with Crippen LogP contribution < -0.4 is 10.0 Å². The Balaban J connectivity index is 1.83. The number of fused-ring (bicyclic) bond motifs is 1. The number of H-pyrrole nitrogens is 1. The molecule has 30 heavy (non-hydrogen) atoms. The van der Waals surface area contributed by atoms with Crippen LogP contribution in [0.1, 0.15) is 55.8 Å². The number of aromatic nitrogens is 2. The number of imidazole rings is 1. The van der Waals surface area contributed by atoms with E-state index in [4.69, 9.17) is 0 Å². The number of anilines is 1. The maximum atomic E-state index is 13.0. The van der Waals surface area contributed by atoms with Gasteiger partial charge in [0.1, 0.15) is 5.82 Å². The van der Waals surface area contributed by atoms with Gasteiger partial charge in [-0.1, -0.05) is 45.4 Å². The van der Waals surface area contributed by atoms with E-state index in [-0.39, 0.29) is 23.6 Å². The van der Waals surface area contributed by atoms with Gasteiger partial charge in [0, 0.05) is 11.3 Å². The highest BCUT2D eigenvalue weighted by Gasteiger charge is 2.24. The van der Waals surface area contributed by atoms with Crippen LogP contribution in [-0.4, -0.2) is 30.0 Å². The molecule has 7 nitrogen and oxygen atoms in total. The van der Waals surface area contributed by atoms with Gasteiger partial charge >= 0.3 is 0 Å². The van der Waals surface area contributed by atoms with E-state index in [9.17, 15) is 13.2 Å². The maximum absolute atomic E-state index is 13.0. The monoisotopic (exact) mass is 428 g/mol. The molecule has 0 aliphatic carbocycles. The summed E-state index contributed by atoms with van der Waals surface area (Å²) in [6, 6.07) is 14.0. The number of hydrogen-bond donors (Lipinski definition) is 3. The molecule has 0 unspecified atom stereocenters. The maximum Gasteiger partial charge on any atom is 0.251 e. The van der Waals surface area contributed by atoms with Crippen molar-refractivity contribution in [2.75, 3.05) is 10.5 Å². The molecule has 0 radical (unpaired) electrons. The molecule has 1 amide bonds. The van der Waals surface area contributed by atoms with Gasteiger partial charge in [-0.2, -0.15) is 0 Å². The lowest BCUT2D eigenvalue weighted by molar-refractivity contribution is 0.0920. The molecule has 0 saturated heterocycles. The Morgan fingerprint density at radius 2 is 1.90 bits per heavy atom. The molecule has 0 aliphatic rings. The lowest BCUT2D eigenvalue weighted by Gasteiger charge is -2.22. The minimum atomic E-state index is -3.42. The second-order valence-electron chi connectivity index (χ2n) is 7.48. The van der Waals surface area contributed by atoms with Crippen molar-refractivity contribution in [1.82, 2.24) is 15.3 Å². The third-order valence-corrected chi connectivity index (χ3v) is 6.57. The quantitative estimate of drug-likeness (QED) is 0.474. The molecular weight excluding hydrogens is 400 g/mol. The topological polar surface area (TPSA) is 104 Å². The SMILES string of the molecule is CCCS(=O)(=O)Nc1cccc(C(=O)N[C@H](c2nc3ccccc3[nH]2)[C@@H](C)CC)c1. The molecule has 0 bridgehead atoms. The number of aromatic amines is 1. The van der Waals surface area contributed by atoms with Crippen molar-refractivity contribution < 1.29 is 13.2 Å². The smallest absolute Gasteiger partial charge is 0.251 e. The zero-order chi connectivity index (χ0) is 21.7. The highest BCUT2D eigenvalue weighted by atomic mass is 32.2. The summed E-state index contributed by atoms with van der Waals surface area (Å²) in [6.45, 7) is 5.93. The van der Waals surface area contributed by atoms with E-state index in [1.54, 1.807) is 31.2 Å². The van der Waals surface area contributed by atoms with Gasteiger partial charge in [0.15, 0.2) is 0 Å². The van der Waals surface area contributed by atoms with Gasteiger partial charge in [-0.25, -0.2) is 13.4 Å². The van der Waals surface area contributed by atoms with E-state index in [1.165, 1.54) is 0 Å². The second-order valence-corrected chi connectivity index (χ2v) is 9.32. The van der Waals surface area contributed by atoms with Crippen molar-refractivity contribution in [3.63, 3.8) is 0 Å². The number of sulfonamides is 1. The summed E-state index contributed by atoms with van der Waals surface area (Å²) in [6.07, 6.45) is 1.38. The fourth-order valence-electron chi connectivity index (χ4n) is 3.28. The van der Waals surface area contributed by atoms with Gasteiger partial charge in [0.2, 0.25) is 10.0 Å². The van der Waals surface area contributed by atoms with E-state index in [1.807, 2.05) is 24.3 Å². The van der Waals surface area contributed by atoms with E-state index in [2.05, 4.69) is 33.9 Å². The van der Waals surface area contributed by atoms with Crippen LogP contribution in [0.5, 0.6) is 0 Å². The largest absolute Gasteiger partial charge is 0.342 e. The second kappa shape index (κ2) is 9.30.